The maximum atomic E-state index is 5.95. The van der Waals surface area contributed by atoms with Crippen LogP contribution in [0.15, 0.2) is 22.7 Å². The van der Waals surface area contributed by atoms with E-state index in [-0.39, 0.29) is 0 Å². The predicted octanol–water partition coefficient (Wildman–Crippen LogP) is 4.18. The number of rotatable bonds is 6. The highest BCUT2D eigenvalue weighted by molar-refractivity contribution is 9.10. The van der Waals surface area contributed by atoms with E-state index in [9.17, 15) is 0 Å². The van der Waals surface area contributed by atoms with Crippen LogP contribution in [-0.4, -0.2) is 12.6 Å². The van der Waals surface area contributed by atoms with Crippen LogP contribution in [0.3, 0.4) is 0 Å². The monoisotopic (exact) mass is 301 g/mol. The van der Waals surface area contributed by atoms with Gasteiger partial charge >= 0.3 is 0 Å². The van der Waals surface area contributed by atoms with Crippen LogP contribution < -0.4 is 5.32 Å². The zero-order valence-corrected chi connectivity index (χ0v) is 11.6. The summed E-state index contributed by atoms with van der Waals surface area (Å²) in [6, 6.07) is 7.03. The van der Waals surface area contributed by atoms with Gasteiger partial charge in [0.1, 0.15) is 0 Å². The summed E-state index contributed by atoms with van der Waals surface area (Å²) in [6.07, 6.45) is 6.40. The molecule has 0 spiro atoms. The van der Waals surface area contributed by atoms with Gasteiger partial charge in [0.15, 0.2) is 0 Å². The molecule has 3 heteroatoms. The highest BCUT2D eigenvalue weighted by Crippen LogP contribution is 2.24. The van der Waals surface area contributed by atoms with E-state index < -0.39 is 0 Å². The van der Waals surface area contributed by atoms with Gasteiger partial charge in [0.2, 0.25) is 0 Å². The molecule has 1 aromatic rings. The molecule has 0 amide bonds. The molecule has 0 aliphatic heterocycles. The van der Waals surface area contributed by atoms with Crippen molar-refractivity contribution < 1.29 is 0 Å². The lowest BCUT2D eigenvalue weighted by Gasteiger charge is -2.04. The third-order valence-corrected chi connectivity index (χ3v) is 4.10. The van der Waals surface area contributed by atoms with Gasteiger partial charge in [-0.25, -0.2) is 0 Å². The van der Waals surface area contributed by atoms with Crippen molar-refractivity contribution in [3.63, 3.8) is 0 Å². The summed E-state index contributed by atoms with van der Waals surface area (Å²) in [5.41, 5.74) is 1.36. The lowest BCUT2D eigenvalue weighted by molar-refractivity contribution is 0.620. The van der Waals surface area contributed by atoms with Crippen molar-refractivity contribution in [2.24, 2.45) is 0 Å². The van der Waals surface area contributed by atoms with Crippen molar-refractivity contribution in [2.75, 3.05) is 6.54 Å². The van der Waals surface area contributed by atoms with E-state index in [0.717, 1.165) is 22.0 Å². The van der Waals surface area contributed by atoms with E-state index in [1.807, 2.05) is 6.07 Å². The molecule has 16 heavy (non-hydrogen) atoms. The number of halogens is 2. The van der Waals surface area contributed by atoms with Gasteiger partial charge < -0.3 is 5.32 Å². The minimum Gasteiger partial charge on any atom is -0.314 e. The lowest BCUT2D eigenvalue weighted by Crippen LogP contribution is -2.17. The van der Waals surface area contributed by atoms with Crippen LogP contribution in [0.25, 0.3) is 0 Å². The summed E-state index contributed by atoms with van der Waals surface area (Å²) < 4.78 is 1.00. The molecule has 0 saturated heterocycles. The molecule has 0 bridgehead atoms. The Balaban J connectivity index is 1.65. The predicted molar refractivity (Wildman–Crippen MR) is 73.1 cm³/mol. The third-order valence-electron chi connectivity index (χ3n) is 2.89. The average molecular weight is 303 g/mol. The van der Waals surface area contributed by atoms with Crippen LogP contribution in [-0.2, 0) is 6.42 Å². The molecule has 0 radical (unpaired) electrons. The minimum atomic E-state index is 0.791. The summed E-state index contributed by atoms with van der Waals surface area (Å²) in [6.45, 7) is 1.17. The van der Waals surface area contributed by atoms with Gasteiger partial charge in [-0.15, -0.1) is 0 Å². The number of nitrogens with one attached hydrogen (secondary N) is 1. The maximum Gasteiger partial charge on any atom is 0.0548 e. The van der Waals surface area contributed by atoms with Crippen molar-refractivity contribution >= 4 is 27.5 Å². The van der Waals surface area contributed by atoms with E-state index in [2.05, 4.69) is 33.4 Å². The molecule has 1 aliphatic carbocycles. The van der Waals surface area contributed by atoms with Gasteiger partial charge in [-0.2, -0.15) is 0 Å². The SMILES string of the molecule is Clc1ccc(CCCCNC2CC2)cc1Br. The van der Waals surface area contributed by atoms with Crippen LogP contribution in [0.4, 0.5) is 0 Å². The highest BCUT2D eigenvalue weighted by Gasteiger charge is 2.19. The van der Waals surface area contributed by atoms with E-state index in [0.29, 0.717) is 0 Å². The van der Waals surface area contributed by atoms with E-state index >= 15 is 0 Å². The summed E-state index contributed by atoms with van der Waals surface area (Å²) in [7, 11) is 0. The first-order valence-corrected chi connectivity index (χ1v) is 7.10. The Morgan fingerprint density at radius 3 is 2.81 bits per heavy atom. The second-order valence-corrected chi connectivity index (χ2v) is 5.70. The van der Waals surface area contributed by atoms with Crippen molar-refractivity contribution in [3.05, 3.63) is 33.3 Å². The van der Waals surface area contributed by atoms with Crippen molar-refractivity contribution in [2.45, 2.75) is 38.1 Å². The molecule has 1 nitrogen and oxygen atoms in total. The first kappa shape index (κ1) is 12.4. The standard InChI is InChI=1S/C13H17BrClN/c14-12-9-10(4-7-13(12)15)3-1-2-8-16-11-5-6-11/h4,7,9,11,16H,1-3,5-6,8H2. The van der Waals surface area contributed by atoms with Gasteiger partial charge in [-0.05, 0) is 72.3 Å². The molecule has 1 aromatic carbocycles. The normalized spacial score (nSPS) is 15.4. The molecule has 1 saturated carbocycles. The molecule has 1 fully saturated rings. The second kappa shape index (κ2) is 6.04. The summed E-state index contributed by atoms with van der Waals surface area (Å²) in [5, 5.41) is 4.32. The summed E-state index contributed by atoms with van der Waals surface area (Å²) >= 11 is 9.40. The Hall–Kier alpha value is -0.0500. The molecule has 0 atom stereocenters. The van der Waals surface area contributed by atoms with Gasteiger partial charge in [0.05, 0.1) is 5.02 Å². The Kier molecular flexibility index (Phi) is 4.68. The van der Waals surface area contributed by atoms with Crippen molar-refractivity contribution in [1.29, 1.82) is 0 Å². The average Bonchev–Trinajstić information content (AvgIpc) is 3.07. The Morgan fingerprint density at radius 2 is 2.12 bits per heavy atom. The van der Waals surface area contributed by atoms with Gasteiger partial charge in [0, 0.05) is 10.5 Å². The molecule has 88 valence electrons. The molecule has 1 N–H and O–H groups in total. The number of hydrogen-bond donors (Lipinski definition) is 1. The summed E-state index contributed by atoms with van der Waals surface area (Å²) in [4.78, 5) is 0. The van der Waals surface area contributed by atoms with Gasteiger partial charge in [-0.3, -0.25) is 0 Å². The number of aryl methyl sites for hydroxylation is 1. The quantitative estimate of drug-likeness (QED) is 0.777. The van der Waals surface area contributed by atoms with Crippen LogP contribution >= 0.6 is 27.5 Å². The molecule has 0 heterocycles. The fourth-order valence-electron chi connectivity index (χ4n) is 1.74. The van der Waals surface area contributed by atoms with Gasteiger partial charge in [0.25, 0.3) is 0 Å². The second-order valence-electron chi connectivity index (χ2n) is 4.43. The summed E-state index contributed by atoms with van der Waals surface area (Å²) in [5.74, 6) is 0. The molecule has 2 rings (SSSR count). The third kappa shape index (κ3) is 4.08. The number of unbranched alkanes of at least 4 members (excludes halogenated alkanes) is 1. The van der Waals surface area contributed by atoms with Crippen LogP contribution in [0.1, 0.15) is 31.2 Å². The minimum absolute atomic E-state index is 0.791. The number of hydrogen-bond acceptors (Lipinski definition) is 1. The number of benzene rings is 1. The zero-order chi connectivity index (χ0) is 11.4. The van der Waals surface area contributed by atoms with E-state index in [1.165, 1.54) is 37.8 Å². The zero-order valence-electron chi connectivity index (χ0n) is 9.31. The smallest absolute Gasteiger partial charge is 0.0548 e. The Morgan fingerprint density at radius 1 is 1.31 bits per heavy atom. The van der Waals surface area contributed by atoms with Crippen LogP contribution in [0.2, 0.25) is 5.02 Å². The first-order chi connectivity index (χ1) is 7.75. The molecule has 0 aromatic heterocycles. The molecular weight excluding hydrogens is 286 g/mol. The Bertz CT molecular complexity index is 350. The fraction of sp³-hybridized carbons (Fsp3) is 0.538. The topological polar surface area (TPSA) is 12.0 Å². The molecule has 0 unspecified atom stereocenters. The maximum absolute atomic E-state index is 5.95. The molecular formula is C13H17BrClN. The van der Waals surface area contributed by atoms with Crippen LogP contribution in [0.5, 0.6) is 0 Å². The van der Waals surface area contributed by atoms with Crippen molar-refractivity contribution in [1.82, 2.24) is 5.32 Å². The van der Waals surface area contributed by atoms with Crippen LogP contribution in [0, 0.1) is 0 Å². The fourth-order valence-corrected chi connectivity index (χ4v) is 2.29. The van der Waals surface area contributed by atoms with Gasteiger partial charge in [-0.1, -0.05) is 17.7 Å². The molecule has 1 aliphatic rings. The van der Waals surface area contributed by atoms with E-state index in [1.54, 1.807) is 0 Å². The van der Waals surface area contributed by atoms with E-state index in [4.69, 9.17) is 11.6 Å². The Labute approximate surface area is 111 Å². The highest BCUT2D eigenvalue weighted by atomic mass is 79.9. The lowest BCUT2D eigenvalue weighted by atomic mass is 10.1. The largest absolute Gasteiger partial charge is 0.314 e. The van der Waals surface area contributed by atoms with Crippen molar-refractivity contribution in [3.8, 4) is 0 Å². The first-order valence-electron chi connectivity index (χ1n) is 5.93.